The number of para-hydroxylation sites is 2. The van der Waals surface area contributed by atoms with Crippen LogP contribution in [-0.4, -0.2) is 173 Å². The van der Waals surface area contributed by atoms with Crippen LogP contribution in [0.5, 0.6) is 11.5 Å². The fourth-order valence-corrected chi connectivity index (χ4v) is 17.2. The van der Waals surface area contributed by atoms with Crippen LogP contribution in [0.25, 0.3) is 0 Å². The molecule has 10 rings (SSSR count). The SMILES string of the molecule is CCC(C)[C@H]1O[C@@]2(CC3C[C@@H](C/C=C(\C)[C@@H](O[C@H]4C[C@H](OC)[C@@H](O[C@H]5C[C@H](OC)[C@@H](OC(=O)COc6ccccc6)[C@H](C)O5)[C@H](C)O4)[C@@H](C)/C=C/C=C4\COC5[C@H](OC(=O)COc6ccccc6)C(C)=C[C@@H](C(=O)O3)[C@]45O[Si](C)(C)C)O2)C[C@@H](Sc2ccc(F)cc2)[C@]1(C)O. The molecule has 2 bridgehead atoms. The van der Waals surface area contributed by atoms with Gasteiger partial charge in [0.15, 0.2) is 52.1 Å². The first-order valence-electron chi connectivity index (χ1n) is 33.5. The van der Waals surface area contributed by atoms with Crippen molar-refractivity contribution in [1.82, 2.24) is 0 Å². The highest BCUT2D eigenvalue weighted by molar-refractivity contribution is 8.00. The molecule has 5 saturated heterocycles. The fraction of sp³-hybridized carbons (Fsp3) is 0.603. The average Bonchev–Trinajstić information content (AvgIpc) is 1.65. The molecule has 22 heteroatoms. The summed E-state index contributed by atoms with van der Waals surface area (Å²) >= 11 is 1.44. The van der Waals surface area contributed by atoms with Gasteiger partial charge >= 0.3 is 17.9 Å². The van der Waals surface area contributed by atoms with E-state index in [2.05, 4.69) is 19.9 Å². The van der Waals surface area contributed by atoms with E-state index in [0.29, 0.717) is 35.5 Å². The molecule has 0 saturated carbocycles. The zero-order chi connectivity index (χ0) is 68.0. The Morgan fingerprint density at radius 3 is 2.00 bits per heavy atom. The number of hydrogen-bond acceptors (Lipinski definition) is 20. The molecule has 3 unspecified atom stereocenters. The van der Waals surface area contributed by atoms with Crippen LogP contribution >= 0.6 is 11.8 Å². The highest BCUT2D eigenvalue weighted by Gasteiger charge is 2.65. The Labute approximate surface area is 564 Å². The number of allylic oxidation sites excluding steroid dienone is 2. The van der Waals surface area contributed by atoms with E-state index in [1.54, 1.807) is 57.5 Å². The van der Waals surface area contributed by atoms with Crippen molar-refractivity contribution in [1.29, 1.82) is 0 Å². The van der Waals surface area contributed by atoms with Crippen LogP contribution in [0.2, 0.25) is 19.6 Å². The molecule has 21 atom stereocenters. The number of methoxy groups -OCH3 is 2. The van der Waals surface area contributed by atoms with E-state index in [1.165, 1.54) is 23.9 Å². The van der Waals surface area contributed by atoms with Gasteiger partial charge in [0.25, 0.3) is 0 Å². The number of benzene rings is 3. The van der Waals surface area contributed by atoms with E-state index in [9.17, 15) is 19.1 Å². The number of carbonyl (C=O) groups excluding carboxylic acids is 3. The van der Waals surface area contributed by atoms with Gasteiger partial charge in [-0.1, -0.05) is 94.0 Å². The lowest BCUT2D eigenvalue weighted by Crippen LogP contribution is -2.65. The van der Waals surface area contributed by atoms with Gasteiger partial charge in [-0.15, -0.1) is 11.8 Å². The molecule has 3 aromatic rings. The highest BCUT2D eigenvalue weighted by Crippen LogP contribution is 2.54. The predicted molar refractivity (Wildman–Crippen MR) is 354 cm³/mol. The molecule has 520 valence electrons. The number of thioether (sulfide) groups is 1. The molecule has 3 aromatic carbocycles. The molecule has 1 aliphatic carbocycles. The van der Waals surface area contributed by atoms with Crippen molar-refractivity contribution >= 4 is 38.0 Å². The van der Waals surface area contributed by atoms with Crippen molar-refractivity contribution in [3.05, 3.63) is 138 Å². The molecule has 0 aromatic heterocycles. The lowest BCUT2D eigenvalue weighted by atomic mass is 9.70. The minimum Gasteiger partial charge on any atom is -0.482 e. The van der Waals surface area contributed by atoms with Gasteiger partial charge in [0.05, 0.1) is 43.2 Å². The van der Waals surface area contributed by atoms with Crippen molar-refractivity contribution in [2.75, 3.05) is 34.0 Å². The summed E-state index contributed by atoms with van der Waals surface area (Å²) in [6, 6.07) is 24.3. The van der Waals surface area contributed by atoms with E-state index < -0.39 is 140 Å². The van der Waals surface area contributed by atoms with Crippen LogP contribution in [0, 0.1) is 23.6 Å². The number of esters is 3. The number of hydrogen-bond donors (Lipinski definition) is 1. The maximum Gasteiger partial charge on any atom is 0.344 e. The molecule has 1 spiro atoms. The first kappa shape index (κ1) is 72.4. The number of ether oxygens (including phenoxy) is 14. The highest BCUT2D eigenvalue weighted by atomic mass is 32.2. The minimum atomic E-state index is -2.69. The number of halogens is 1. The van der Waals surface area contributed by atoms with Crippen LogP contribution in [0.3, 0.4) is 0 Å². The number of aliphatic hydroxyl groups is 1. The third-order valence-corrected chi connectivity index (χ3v) is 21.7. The molecular formula is C73H97FO19SSi. The molecule has 95 heavy (non-hydrogen) atoms. The lowest BCUT2D eigenvalue weighted by molar-refractivity contribution is -0.357. The Kier molecular flexibility index (Phi) is 23.8. The summed E-state index contributed by atoms with van der Waals surface area (Å²) < 4.78 is 113. The quantitative estimate of drug-likeness (QED) is 0.0482. The molecule has 6 aliphatic heterocycles. The standard InChI is InChI=1S/C73H97FO19SSi/c1-14-43(2)68-71(8,78)59(94-55-32-29-50(74)30-33-55)39-72(92-68)38-54-35-53(91-72)31-28-45(4)64(89-62-37-58(80-10)67(48(7)85-62)90-63-36-57(79-9)66(47(6)84-63)88-61(76)42-82-52-26-19-16-20-27-52)44(3)22-21-23-49-40-83-69-65(87-60(75)41-81-51-24-17-15-18-25-51)46(5)34-56(70(77)86-54)73(49,69)93-95(11,12)13/h15-30,32-34,43-44,47-48,53-54,56-59,62-69,78H,14,31,35-42H2,1-13H3/b22-21+,45-28+,49-23+/t43?,44-,47-,48-,53+,54?,56-,57-,58-,59+,62-,63-,64-,65+,66-,67-,68+,69?,71-,72-,73+/m0/s1. The summed E-state index contributed by atoms with van der Waals surface area (Å²) in [6.45, 7) is 21.1. The maximum atomic E-state index is 15.8. The van der Waals surface area contributed by atoms with Gasteiger partial charge in [-0.3, -0.25) is 4.79 Å². The summed E-state index contributed by atoms with van der Waals surface area (Å²) in [6.07, 6.45) is 2.39. The van der Waals surface area contributed by atoms with Gasteiger partial charge in [-0.2, -0.15) is 0 Å². The van der Waals surface area contributed by atoms with Gasteiger partial charge in [0.1, 0.15) is 58.9 Å². The van der Waals surface area contributed by atoms with Crippen molar-refractivity contribution in [3.63, 3.8) is 0 Å². The Morgan fingerprint density at radius 2 is 1.38 bits per heavy atom. The number of fused-ring (bicyclic) bond motifs is 2. The molecule has 19 nitrogen and oxygen atoms in total. The van der Waals surface area contributed by atoms with Gasteiger partial charge in [-0.05, 0) is 132 Å². The normalized spacial score (nSPS) is 37.8. The summed E-state index contributed by atoms with van der Waals surface area (Å²) in [5.41, 5.74) is -0.764. The Morgan fingerprint density at radius 1 is 0.768 bits per heavy atom. The van der Waals surface area contributed by atoms with Crippen LogP contribution in [0.15, 0.2) is 137 Å². The van der Waals surface area contributed by atoms with E-state index in [0.717, 1.165) is 10.5 Å². The van der Waals surface area contributed by atoms with Gasteiger partial charge in [0.2, 0.25) is 0 Å². The molecule has 6 heterocycles. The zero-order valence-corrected chi connectivity index (χ0v) is 58.8. The second-order valence-electron chi connectivity index (χ2n) is 27.6. The summed E-state index contributed by atoms with van der Waals surface area (Å²) in [5, 5.41) is 12.2. The van der Waals surface area contributed by atoms with E-state index in [-0.39, 0.29) is 69.6 Å². The van der Waals surface area contributed by atoms with Crippen molar-refractivity contribution < 1.29 is 94.6 Å². The predicted octanol–water partition coefficient (Wildman–Crippen LogP) is 11.7. The topological polar surface area (TPSA) is 210 Å². The molecule has 7 aliphatic rings. The monoisotopic (exact) mass is 1360 g/mol. The van der Waals surface area contributed by atoms with E-state index >= 15 is 4.79 Å². The zero-order valence-electron chi connectivity index (χ0n) is 57.0. The van der Waals surface area contributed by atoms with Crippen LogP contribution in [0.4, 0.5) is 4.39 Å². The van der Waals surface area contributed by atoms with Crippen molar-refractivity contribution in [3.8, 4) is 11.5 Å². The molecule has 0 amide bonds. The maximum absolute atomic E-state index is 15.8. The van der Waals surface area contributed by atoms with Gasteiger partial charge in [-0.25, -0.2) is 14.0 Å². The Balaban J connectivity index is 0.960. The summed E-state index contributed by atoms with van der Waals surface area (Å²) in [4.78, 5) is 43.4. The number of carbonyl (C=O) groups is 3. The Hall–Kier alpha value is -5.31. The average molecular weight is 1360 g/mol. The van der Waals surface area contributed by atoms with E-state index in [4.69, 9.17) is 70.7 Å². The minimum absolute atomic E-state index is 0.0392. The first-order valence-corrected chi connectivity index (χ1v) is 37.8. The van der Waals surface area contributed by atoms with Gasteiger partial charge in [0, 0.05) is 62.4 Å². The largest absolute Gasteiger partial charge is 0.482 e. The second-order valence-corrected chi connectivity index (χ2v) is 33.3. The van der Waals surface area contributed by atoms with E-state index in [1.807, 2.05) is 115 Å². The first-order chi connectivity index (χ1) is 45.3. The smallest absolute Gasteiger partial charge is 0.344 e. The van der Waals surface area contributed by atoms with Crippen LogP contribution < -0.4 is 9.47 Å². The van der Waals surface area contributed by atoms with Crippen molar-refractivity contribution in [2.24, 2.45) is 17.8 Å². The number of rotatable bonds is 20. The van der Waals surface area contributed by atoms with Gasteiger partial charge < -0.3 is 75.8 Å². The molecular weight excluding hydrogens is 1260 g/mol. The third kappa shape index (κ3) is 17.2. The molecule has 1 N–H and O–H groups in total. The Bertz CT molecular complexity index is 3200. The molecule has 5 fully saturated rings. The summed E-state index contributed by atoms with van der Waals surface area (Å²) in [7, 11) is 0.502. The second kappa shape index (κ2) is 31.3. The molecule has 0 radical (unpaired) electrons. The lowest BCUT2D eigenvalue weighted by Gasteiger charge is -2.56. The fourth-order valence-electron chi connectivity index (χ4n) is 14.4. The summed E-state index contributed by atoms with van der Waals surface area (Å²) in [5.74, 6) is -3.94. The van der Waals surface area contributed by atoms with Crippen LogP contribution in [-0.2, 0) is 75.7 Å². The third-order valence-electron chi connectivity index (χ3n) is 19.3. The van der Waals surface area contributed by atoms with Crippen molar-refractivity contribution in [2.45, 2.75) is 233 Å². The van der Waals surface area contributed by atoms with Crippen LogP contribution in [0.1, 0.15) is 100 Å².